The SMILES string of the molecule is Cn1cccc1[C@H]1CCCN1CC(=O)NCc1ccc(F)cc1. The Morgan fingerprint density at radius 3 is 2.78 bits per heavy atom. The molecule has 1 saturated heterocycles. The summed E-state index contributed by atoms with van der Waals surface area (Å²) in [4.78, 5) is 14.4. The van der Waals surface area contributed by atoms with Crippen molar-refractivity contribution >= 4 is 5.91 Å². The molecule has 3 rings (SSSR count). The fourth-order valence-electron chi connectivity index (χ4n) is 3.21. The molecule has 1 aromatic heterocycles. The Hall–Kier alpha value is -2.14. The quantitative estimate of drug-likeness (QED) is 0.921. The number of aryl methyl sites for hydroxylation is 1. The van der Waals surface area contributed by atoms with Gasteiger partial charge in [-0.3, -0.25) is 9.69 Å². The number of rotatable bonds is 5. The van der Waals surface area contributed by atoms with Crippen molar-refractivity contribution < 1.29 is 9.18 Å². The topological polar surface area (TPSA) is 37.3 Å². The summed E-state index contributed by atoms with van der Waals surface area (Å²) in [5.41, 5.74) is 2.16. The van der Waals surface area contributed by atoms with Crippen LogP contribution in [0.15, 0.2) is 42.6 Å². The van der Waals surface area contributed by atoms with E-state index in [1.807, 2.05) is 19.3 Å². The fraction of sp³-hybridized carbons (Fsp3) is 0.389. The Morgan fingerprint density at radius 1 is 1.30 bits per heavy atom. The molecule has 0 radical (unpaired) electrons. The number of benzene rings is 1. The third-order valence-corrected chi connectivity index (χ3v) is 4.44. The summed E-state index contributed by atoms with van der Waals surface area (Å²) in [5, 5.41) is 2.92. The number of aromatic nitrogens is 1. The molecule has 5 heteroatoms. The second kappa shape index (κ2) is 6.96. The number of nitrogens with one attached hydrogen (secondary N) is 1. The van der Waals surface area contributed by atoms with Crippen molar-refractivity contribution in [1.82, 2.24) is 14.8 Å². The van der Waals surface area contributed by atoms with Gasteiger partial charge in [0.15, 0.2) is 0 Å². The van der Waals surface area contributed by atoms with Gasteiger partial charge in [-0.05, 0) is 49.2 Å². The molecule has 2 aromatic rings. The maximum Gasteiger partial charge on any atom is 0.234 e. The molecular formula is C18H22FN3O. The molecular weight excluding hydrogens is 293 g/mol. The van der Waals surface area contributed by atoms with Crippen LogP contribution in [0, 0.1) is 5.82 Å². The van der Waals surface area contributed by atoms with E-state index in [1.54, 1.807) is 12.1 Å². The van der Waals surface area contributed by atoms with E-state index >= 15 is 0 Å². The summed E-state index contributed by atoms with van der Waals surface area (Å²) in [6, 6.07) is 10.7. The lowest BCUT2D eigenvalue weighted by Crippen LogP contribution is -2.37. The molecule has 1 aliphatic rings. The van der Waals surface area contributed by atoms with Gasteiger partial charge in [-0.15, -0.1) is 0 Å². The summed E-state index contributed by atoms with van der Waals surface area (Å²) in [6.07, 6.45) is 4.24. The molecule has 0 bridgehead atoms. The lowest BCUT2D eigenvalue weighted by molar-refractivity contribution is -0.122. The Morgan fingerprint density at radius 2 is 2.09 bits per heavy atom. The monoisotopic (exact) mass is 315 g/mol. The van der Waals surface area contributed by atoms with Crippen molar-refractivity contribution in [1.29, 1.82) is 0 Å². The Labute approximate surface area is 135 Å². The maximum atomic E-state index is 12.9. The summed E-state index contributed by atoms with van der Waals surface area (Å²) in [6.45, 7) is 1.78. The van der Waals surface area contributed by atoms with Crippen LogP contribution in [0.4, 0.5) is 4.39 Å². The van der Waals surface area contributed by atoms with E-state index < -0.39 is 0 Å². The molecule has 1 N–H and O–H groups in total. The molecule has 0 aliphatic carbocycles. The van der Waals surface area contributed by atoms with Crippen molar-refractivity contribution in [2.24, 2.45) is 7.05 Å². The minimum Gasteiger partial charge on any atom is -0.353 e. The third kappa shape index (κ3) is 3.79. The van der Waals surface area contributed by atoms with Gasteiger partial charge in [0.1, 0.15) is 5.82 Å². The van der Waals surface area contributed by atoms with Crippen LogP contribution in [0.1, 0.15) is 30.1 Å². The second-order valence-corrected chi connectivity index (χ2v) is 6.08. The van der Waals surface area contributed by atoms with Crippen LogP contribution in [-0.4, -0.2) is 28.5 Å². The zero-order valence-corrected chi connectivity index (χ0v) is 13.3. The van der Waals surface area contributed by atoms with Crippen molar-refractivity contribution in [3.8, 4) is 0 Å². The Kier molecular flexibility index (Phi) is 4.76. The average molecular weight is 315 g/mol. The maximum absolute atomic E-state index is 12.9. The van der Waals surface area contributed by atoms with E-state index in [9.17, 15) is 9.18 Å². The molecule has 0 saturated carbocycles. The van der Waals surface area contributed by atoms with Gasteiger partial charge in [-0.2, -0.15) is 0 Å². The molecule has 122 valence electrons. The molecule has 1 atom stereocenters. The van der Waals surface area contributed by atoms with Gasteiger partial charge in [-0.25, -0.2) is 4.39 Å². The lowest BCUT2D eigenvalue weighted by atomic mass is 10.1. The smallest absolute Gasteiger partial charge is 0.234 e. The first-order chi connectivity index (χ1) is 11.1. The molecule has 1 amide bonds. The molecule has 1 aromatic carbocycles. The van der Waals surface area contributed by atoms with Gasteiger partial charge in [0.25, 0.3) is 0 Å². The van der Waals surface area contributed by atoms with Crippen LogP contribution in [0.2, 0.25) is 0 Å². The highest BCUT2D eigenvalue weighted by atomic mass is 19.1. The molecule has 4 nitrogen and oxygen atoms in total. The van der Waals surface area contributed by atoms with Gasteiger partial charge in [0, 0.05) is 25.5 Å². The van der Waals surface area contributed by atoms with Crippen LogP contribution in [-0.2, 0) is 18.4 Å². The zero-order valence-electron chi connectivity index (χ0n) is 13.3. The van der Waals surface area contributed by atoms with Crippen molar-refractivity contribution in [2.75, 3.05) is 13.1 Å². The summed E-state index contributed by atoms with van der Waals surface area (Å²) < 4.78 is 15.0. The van der Waals surface area contributed by atoms with Gasteiger partial charge >= 0.3 is 0 Å². The molecule has 1 aliphatic heterocycles. The van der Waals surface area contributed by atoms with Gasteiger partial charge in [0.2, 0.25) is 5.91 Å². The minimum absolute atomic E-state index is 0.00966. The van der Waals surface area contributed by atoms with E-state index in [0.29, 0.717) is 19.1 Å². The summed E-state index contributed by atoms with van der Waals surface area (Å²) in [7, 11) is 2.04. The zero-order chi connectivity index (χ0) is 16.2. The summed E-state index contributed by atoms with van der Waals surface area (Å²) in [5.74, 6) is -0.252. The predicted octanol–water partition coefficient (Wildman–Crippen LogP) is 2.62. The molecule has 1 fully saturated rings. The Bertz CT molecular complexity index is 665. The molecule has 2 heterocycles. The number of hydrogen-bond acceptors (Lipinski definition) is 2. The molecule has 23 heavy (non-hydrogen) atoms. The number of halogens is 1. The standard InChI is InChI=1S/C18H22FN3O/c1-21-10-2-4-16(21)17-5-3-11-22(17)13-18(23)20-12-14-6-8-15(19)9-7-14/h2,4,6-10,17H,3,5,11-13H2,1H3,(H,20,23)/t17-/m1/s1. The van der Waals surface area contributed by atoms with E-state index in [1.165, 1.54) is 17.8 Å². The highest BCUT2D eigenvalue weighted by molar-refractivity contribution is 5.78. The van der Waals surface area contributed by atoms with Crippen LogP contribution in [0.25, 0.3) is 0 Å². The lowest BCUT2D eigenvalue weighted by Gasteiger charge is -2.24. The van der Waals surface area contributed by atoms with Crippen LogP contribution < -0.4 is 5.32 Å². The van der Waals surface area contributed by atoms with Gasteiger partial charge in [-0.1, -0.05) is 12.1 Å². The third-order valence-electron chi connectivity index (χ3n) is 4.44. The highest BCUT2D eigenvalue weighted by Crippen LogP contribution is 2.31. The molecule has 0 spiro atoms. The number of hydrogen-bond donors (Lipinski definition) is 1. The van der Waals surface area contributed by atoms with Crippen LogP contribution in [0.5, 0.6) is 0 Å². The van der Waals surface area contributed by atoms with Crippen molar-refractivity contribution in [3.05, 3.63) is 59.7 Å². The Balaban J connectivity index is 1.54. The van der Waals surface area contributed by atoms with E-state index in [2.05, 4.69) is 20.9 Å². The van der Waals surface area contributed by atoms with Crippen LogP contribution >= 0.6 is 0 Å². The van der Waals surface area contributed by atoms with E-state index in [4.69, 9.17) is 0 Å². The normalized spacial score (nSPS) is 18.3. The van der Waals surface area contributed by atoms with E-state index in [-0.39, 0.29) is 11.7 Å². The second-order valence-electron chi connectivity index (χ2n) is 6.08. The fourth-order valence-corrected chi connectivity index (χ4v) is 3.21. The first-order valence-corrected chi connectivity index (χ1v) is 8.00. The largest absolute Gasteiger partial charge is 0.353 e. The number of amides is 1. The van der Waals surface area contributed by atoms with Crippen LogP contribution in [0.3, 0.4) is 0 Å². The summed E-state index contributed by atoms with van der Waals surface area (Å²) >= 11 is 0. The number of carbonyl (C=O) groups excluding carboxylic acids is 1. The average Bonchev–Trinajstić information content (AvgIpc) is 3.15. The predicted molar refractivity (Wildman–Crippen MR) is 87.2 cm³/mol. The highest BCUT2D eigenvalue weighted by Gasteiger charge is 2.28. The number of carbonyl (C=O) groups is 1. The van der Waals surface area contributed by atoms with E-state index in [0.717, 1.165) is 24.9 Å². The van der Waals surface area contributed by atoms with Gasteiger partial charge < -0.3 is 9.88 Å². The minimum atomic E-state index is -0.262. The van der Waals surface area contributed by atoms with Crippen molar-refractivity contribution in [3.63, 3.8) is 0 Å². The number of likely N-dealkylation sites (tertiary alicyclic amines) is 1. The number of nitrogens with zero attached hydrogens (tertiary/aromatic N) is 2. The first kappa shape index (κ1) is 15.7. The van der Waals surface area contributed by atoms with Crippen molar-refractivity contribution in [2.45, 2.75) is 25.4 Å². The first-order valence-electron chi connectivity index (χ1n) is 8.00. The molecule has 0 unspecified atom stereocenters. The van der Waals surface area contributed by atoms with Gasteiger partial charge in [0.05, 0.1) is 12.6 Å².